The van der Waals surface area contributed by atoms with E-state index < -0.39 is 0 Å². The molecule has 94 valence electrons. The normalized spacial score (nSPS) is 10.1. The van der Waals surface area contributed by atoms with Crippen LogP contribution in [-0.4, -0.2) is 18.2 Å². The maximum atomic E-state index is 5.53. The molecule has 0 atom stereocenters. The quantitative estimate of drug-likeness (QED) is 0.585. The fourth-order valence-corrected chi connectivity index (χ4v) is 1.80. The molecule has 1 heterocycles. The average molecular weight is 373 g/mol. The summed E-state index contributed by atoms with van der Waals surface area (Å²) in [5.74, 6) is 1.56. The van der Waals surface area contributed by atoms with Crippen LogP contribution in [0, 0.1) is 0 Å². The van der Waals surface area contributed by atoms with Crippen molar-refractivity contribution in [2.24, 2.45) is 0 Å². The second-order valence-electron chi connectivity index (χ2n) is 3.47. The molecule has 18 heavy (non-hydrogen) atoms. The van der Waals surface area contributed by atoms with Crippen LogP contribution in [0.1, 0.15) is 0 Å². The molecule has 0 aliphatic carbocycles. The van der Waals surface area contributed by atoms with Gasteiger partial charge in [-0.2, -0.15) is 0 Å². The Hall–Kier alpha value is -1.07. The number of nitrogens with zero attached hydrogens (tertiary/aromatic N) is 1. The lowest BCUT2D eigenvalue weighted by atomic mass is 10.3. The number of pyridine rings is 1. The van der Waals surface area contributed by atoms with Crippen LogP contribution < -0.4 is 9.47 Å². The fourth-order valence-electron chi connectivity index (χ4n) is 1.30. The Labute approximate surface area is 122 Å². The molecule has 0 N–H and O–H groups in total. The van der Waals surface area contributed by atoms with E-state index in [0.29, 0.717) is 13.2 Å². The zero-order valence-electron chi connectivity index (χ0n) is 9.48. The number of ether oxygens (including phenoxy) is 2. The molecule has 2 rings (SSSR count). The zero-order valence-corrected chi connectivity index (χ0v) is 12.6. The summed E-state index contributed by atoms with van der Waals surface area (Å²) in [4.78, 5) is 4.07. The summed E-state index contributed by atoms with van der Waals surface area (Å²) in [6.07, 6.45) is 1.67. The number of hydrogen-bond acceptors (Lipinski definition) is 3. The van der Waals surface area contributed by atoms with Crippen LogP contribution in [-0.2, 0) is 0 Å². The molecular weight excluding hydrogens is 362 g/mol. The average Bonchev–Trinajstić information content (AvgIpc) is 2.39. The van der Waals surface area contributed by atoms with Crippen molar-refractivity contribution in [2.75, 3.05) is 13.2 Å². The van der Waals surface area contributed by atoms with E-state index in [1.165, 1.54) is 0 Å². The van der Waals surface area contributed by atoms with Crippen molar-refractivity contribution in [1.29, 1.82) is 0 Å². The van der Waals surface area contributed by atoms with Gasteiger partial charge in [0.1, 0.15) is 29.3 Å². The van der Waals surface area contributed by atoms with Gasteiger partial charge in [-0.15, -0.1) is 0 Å². The van der Waals surface area contributed by atoms with E-state index in [2.05, 4.69) is 36.8 Å². The first-order valence-corrected chi connectivity index (χ1v) is 6.95. The van der Waals surface area contributed by atoms with Crippen molar-refractivity contribution in [3.05, 3.63) is 51.7 Å². The Morgan fingerprint density at radius 2 is 1.44 bits per heavy atom. The van der Waals surface area contributed by atoms with Crippen LogP contribution in [0.5, 0.6) is 11.5 Å². The van der Waals surface area contributed by atoms with Crippen LogP contribution in [0.15, 0.2) is 51.7 Å². The molecule has 0 spiro atoms. The van der Waals surface area contributed by atoms with E-state index in [9.17, 15) is 0 Å². The number of benzene rings is 1. The van der Waals surface area contributed by atoms with Gasteiger partial charge in [-0.05, 0) is 52.3 Å². The van der Waals surface area contributed by atoms with Gasteiger partial charge in [-0.3, -0.25) is 0 Å². The molecule has 0 saturated heterocycles. The molecule has 0 unspecified atom stereocenters. The number of halogens is 2. The second-order valence-corrected chi connectivity index (χ2v) is 5.20. The number of hydrogen-bond donors (Lipinski definition) is 0. The number of aromatic nitrogens is 1. The fraction of sp³-hybridized carbons (Fsp3) is 0.154. The predicted molar refractivity (Wildman–Crippen MR) is 77.1 cm³/mol. The summed E-state index contributed by atoms with van der Waals surface area (Å²) in [6, 6.07) is 11.4. The van der Waals surface area contributed by atoms with E-state index >= 15 is 0 Å². The molecule has 0 bridgehead atoms. The Balaban J connectivity index is 1.73. The summed E-state index contributed by atoms with van der Waals surface area (Å²) in [5.41, 5.74) is 0. The Morgan fingerprint density at radius 1 is 0.833 bits per heavy atom. The summed E-state index contributed by atoms with van der Waals surface area (Å²) in [7, 11) is 0. The minimum Gasteiger partial charge on any atom is -0.490 e. The third-order valence-electron chi connectivity index (χ3n) is 2.13. The lowest BCUT2D eigenvalue weighted by molar-refractivity contribution is 0.216. The molecule has 0 fully saturated rings. The molecule has 3 nitrogen and oxygen atoms in total. The smallest absolute Gasteiger partial charge is 0.137 e. The minimum absolute atomic E-state index is 0.485. The van der Waals surface area contributed by atoms with E-state index in [1.807, 2.05) is 36.4 Å². The van der Waals surface area contributed by atoms with E-state index in [1.54, 1.807) is 6.20 Å². The van der Waals surface area contributed by atoms with Crippen molar-refractivity contribution in [2.45, 2.75) is 0 Å². The standard InChI is InChI=1S/C13H11Br2NO2/c14-10-1-3-11(4-2-10)17-7-8-18-12-5-6-13(15)16-9-12/h1-6,9H,7-8H2. The molecule has 0 radical (unpaired) electrons. The van der Waals surface area contributed by atoms with Crippen molar-refractivity contribution in [1.82, 2.24) is 4.98 Å². The number of rotatable bonds is 5. The van der Waals surface area contributed by atoms with Gasteiger partial charge in [-0.1, -0.05) is 15.9 Å². The van der Waals surface area contributed by atoms with Crippen LogP contribution in [0.4, 0.5) is 0 Å². The van der Waals surface area contributed by atoms with Gasteiger partial charge < -0.3 is 9.47 Å². The van der Waals surface area contributed by atoms with Crippen LogP contribution in [0.2, 0.25) is 0 Å². The van der Waals surface area contributed by atoms with Crippen molar-refractivity contribution >= 4 is 31.9 Å². The molecule has 0 saturated carbocycles. The maximum absolute atomic E-state index is 5.53. The molecule has 0 amide bonds. The minimum atomic E-state index is 0.485. The maximum Gasteiger partial charge on any atom is 0.137 e. The van der Waals surface area contributed by atoms with Crippen LogP contribution >= 0.6 is 31.9 Å². The van der Waals surface area contributed by atoms with Crippen LogP contribution in [0.25, 0.3) is 0 Å². The highest BCUT2D eigenvalue weighted by Gasteiger charge is 1.96. The van der Waals surface area contributed by atoms with Gasteiger partial charge in [-0.25, -0.2) is 4.98 Å². The third-order valence-corrected chi connectivity index (χ3v) is 3.13. The SMILES string of the molecule is Brc1ccc(OCCOc2ccc(Br)nc2)cc1. The lowest BCUT2D eigenvalue weighted by Gasteiger charge is -2.08. The van der Waals surface area contributed by atoms with Gasteiger partial charge in [0, 0.05) is 4.47 Å². The van der Waals surface area contributed by atoms with E-state index in [4.69, 9.17) is 9.47 Å². The summed E-state index contributed by atoms with van der Waals surface area (Å²) < 4.78 is 12.8. The first-order valence-electron chi connectivity index (χ1n) is 5.37. The summed E-state index contributed by atoms with van der Waals surface area (Å²) in [5, 5.41) is 0. The monoisotopic (exact) mass is 371 g/mol. The van der Waals surface area contributed by atoms with Crippen molar-refractivity contribution in [3.63, 3.8) is 0 Å². The predicted octanol–water partition coefficient (Wildman–Crippen LogP) is 4.06. The first kappa shape index (κ1) is 13.4. The molecule has 5 heteroatoms. The van der Waals surface area contributed by atoms with Gasteiger partial charge in [0.05, 0.1) is 6.20 Å². The van der Waals surface area contributed by atoms with E-state index in [0.717, 1.165) is 20.6 Å². The van der Waals surface area contributed by atoms with Gasteiger partial charge in [0.25, 0.3) is 0 Å². The van der Waals surface area contributed by atoms with Gasteiger partial charge in [0.2, 0.25) is 0 Å². The van der Waals surface area contributed by atoms with Crippen LogP contribution in [0.3, 0.4) is 0 Å². The Bertz CT molecular complexity index is 438. The highest BCUT2D eigenvalue weighted by atomic mass is 79.9. The highest BCUT2D eigenvalue weighted by Crippen LogP contribution is 2.16. The van der Waals surface area contributed by atoms with E-state index in [-0.39, 0.29) is 0 Å². The molecule has 1 aromatic heterocycles. The molecular formula is C13H11Br2NO2. The molecule has 0 aliphatic rings. The topological polar surface area (TPSA) is 31.4 Å². The zero-order chi connectivity index (χ0) is 12.8. The Morgan fingerprint density at radius 3 is 2.06 bits per heavy atom. The third kappa shape index (κ3) is 4.31. The summed E-state index contributed by atoms with van der Waals surface area (Å²) >= 11 is 6.64. The largest absolute Gasteiger partial charge is 0.490 e. The Kier molecular flexibility index (Phi) is 5.01. The molecule has 0 aliphatic heterocycles. The molecule has 1 aromatic carbocycles. The second kappa shape index (κ2) is 6.75. The van der Waals surface area contributed by atoms with Gasteiger partial charge >= 0.3 is 0 Å². The van der Waals surface area contributed by atoms with Crippen molar-refractivity contribution < 1.29 is 9.47 Å². The van der Waals surface area contributed by atoms with Gasteiger partial charge in [0.15, 0.2) is 0 Å². The lowest BCUT2D eigenvalue weighted by Crippen LogP contribution is -2.08. The first-order chi connectivity index (χ1) is 8.74. The summed E-state index contributed by atoms with van der Waals surface area (Å²) in [6.45, 7) is 0.983. The molecule has 2 aromatic rings. The van der Waals surface area contributed by atoms with Crippen molar-refractivity contribution in [3.8, 4) is 11.5 Å². The highest BCUT2D eigenvalue weighted by molar-refractivity contribution is 9.10.